The van der Waals surface area contributed by atoms with Gasteiger partial charge in [0.1, 0.15) is 0 Å². The third-order valence-electron chi connectivity index (χ3n) is 1.14. The monoisotopic (exact) mass is 330 g/mol. The van der Waals surface area contributed by atoms with Crippen molar-refractivity contribution in [1.29, 1.82) is 0 Å². The number of phenolic OH excluding ortho intramolecular Hbond substituents is 1. The van der Waals surface area contributed by atoms with Crippen molar-refractivity contribution in [3.05, 3.63) is 24.3 Å². The van der Waals surface area contributed by atoms with Gasteiger partial charge in [0.25, 0.3) is 0 Å². The molecular weight excluding hydrogens is 324 g/mol. The number of hydrogen-bond acceptors (Lipinski definition) is 1. The first kappa shape index (κ1) is 7.35. The first-order valence-corrected chi connectivity index (χ1v) is 12.2. The van der Waals surface area contributed by atoms with Crippen LogP contribution in [0.5, 0.6) is 5.75 Å². The first-order valence-electron chi connectivity index (χ1n) is 2.67. The second-order valence-corrected chi connectivity index (χ2v) is 8.11. The van der Waals surface area contributed by atoms with Crippen molar-refractivity contribution in [1.82, 2.24) is 0 Å². The molecule has 0 aliphatic heterocycles. The van der Waals surface area contributed by atoms with Crippen LogP contribution in [-0.2, 0) is 23.3 Å². The Kier molecular flexibility index (Phi) is 2.80. The van der Waals surface area contributed by atoms with Crippen molar-refractivity contribution in [3.63, 3.8) is 0 Å². The molecule has 1 aromatic rings. The van der Waals surface area contributed by atoms with Crippen LogP contribution < -0.4 is 3.07 Å². The Hall–Kier alpha value is 0.245. The standard InChI is InChI=1S/C6H5O.ClH.Hg/c7-6-4-2-1-3-5-6;;/h1-4,7H;1H;/q;;+1/p-1. The maximum absolute atomic E-state index is 9.08. The molecule has 0 radical (unpaired) electrons. The van der Waals surface area contributed by atoms with E-state index in [9.17, 15) is 0 Å². The quantitative estimate of drug-likeness (QED) is 0.769. The van der Waals surface area contributed by atoms with Gasteiger partial charge in [0, 0.05) is 0 Å². The van der Waals surface area contributed by atoms with E-state index in [4.69, 9.17) is 13.4 Å². The van der Waals surface area contributed by atoms with E-state index >= 15 is 0 Å². The van der Waals surface area contributed by atoms with Crippen LogP contribution in [0.2, 0.25) is 0 Å². The Morgan fingerprint density at radius 2 is 2.00 bits per heavy atom. The summed E-state index contributed by atoms with van der Waals surface area (Å²) >= 11 is -1.37. The van der Waals surface area contributed by atoms with Crippen molar-refractivity contribution < 1.29 is 28.4 Å². The summed E-state index contributed by atoms with van der Waals surface area (Å²) in [7, 11) is 5.69. The van der Waals surface area contributed by atoms with Crippen LogP contribution in [0, 0.1) is 0 Å². The Balaban J connectivity index is 3.01. The summed E-state index contributed by atoms with van der Waals surface area (Å²) in [5.74, 6) is 0.370. The fourth-order valence-electron chi connectivity index (χ4n) is 0.624. The summed E-state index contributed by atoms with van der Waals surface area (Å²) in [6.07, 6.45) is 0. The minimum atomic E-state index is -1.37. The predicted molar refractivity (Wildman–Crippen MR) is 33.6 cm³/mol. The second kappa shape index (κ2) is 3.42. The van der Waals surface area contributed by atoms with Crippen LogP contribution in [0.1, 0.15) is 0 Å². The maximum atomic E-state index is 9.08. The van der Waals surface area contributed by atoms with Crippen LogP contribution in [0.25, 0.3) is 0 Å². The number of phenols is 1. The number of benzene rings is 1. The van der Waals surface area contributed by atoms with E-state index in [1.54, 1.807) is 12.1 Å². The molecule has 0 atom stereocenters. The fourth-order valence-corrected chi connectivity index (χ4v) is 4.47. The molecule has 0 bridgehead atoms. The summed E-state index contributed by atoms with van der Waals surface area (Å²) < 4.78 is 0.999. The molecule has 1 N–H and O–H groups in total. The molecular formula is C6H5ClHgO. The zero-order valence-corrected chi connectivity index (χ0v) is 11.1. The van der Waals surface area contributed by atoms with E-state index in [1.807, 2.05) is 12.1 Å². The van der Waals surface area contributed by atoms with Crippen molar-refractivity contribution in [2.24, 2.45) is 0 Å². The van der Waals surface area contributed by atoms with Crippen LogP contribution in [0.15, 0.2) is 24.3 Å². The average Bonchev–Trinajstić information content (AvgIpc) is 1.89. The molecule has 0 heterocycles. The molecule has 44 valence electrons. The van der Waals surface area contributed by atoms with Gasteiger partial charge in [0.05, 0.1) is 0 Å². The van der Waals surface area contributed by atoms with Crippen molar-refractivity contribution in [2.45, 2.75) is 0 Å². The summed E-state index contributed by atoms with van der Waals surface area (Å²) in [5, 5.41) is 9.08. The number of aromatic hydroxyl groups is 1. The topological polar surface area (TPSA) is 20.2 Å². The number of rotatable bonds is 1. The third kappa shape index (κ3) is 1.83. The van der Waals surface area contributed by atoms with Crippen LogP contribution >= 0.6 is 8.25 Å². The molecule has 3 heteroatoms. The van der Waals surface area contributed by atoms with E-state index in [-0.39, 0.29) is 0 Å². The molecule has 1 nitrogen and oxygen atoms in total. The van der Waals surface area contributed by atoms with Crippen LogP contribution in [0.3, 0.4) is 0 Å². The van der Waals surface area contributed by atoms with Gasteiger partial charge in [-0.1, -0.05) is 0 Å². The van der Waals surface area contributed by atoms with Crippen molar-refractivity contribution in [2.75, 3.05) is 0 Å². The summed E-state index contributed by atoms with van der Waals surface area (Å²) in [4.78, 5) is 0. The van der Waals surface area contributed by atoms with Gasteiger partial charge in [-0.15, -0.1) is 0 Å². The zero-order valence-electron chi connectivity index (χ0n) is 4.84. The Morgan fingerprint density at radius 1 is 1.33 bits per heavy atom. The summed E-state index contributed by atoms with van der Waals surface area (Å²) in [6.45, 7) is 0. The molecule has 0 unspecified atom stereocenters. The van der Waals surface area contributed by atoms with Gasteiger partial charge in [0.2, 0.25) is 0 Å². The van der Waals surface area contributed by atoms with Crippen molar-refractivity contribution >= 4 is 11.3 Å². The number of para-hydroxylation sites is 1. The molecule has 1 aromatic carbocycles. The molecule has 0 fully saturated rings. The molecule has 1 rings (SSSR count). The SMILES string of the molecule is Oc1cccc[c]1[Hg][Cl]. The van der Waals surface area contributed by atoms with Gasteiger partial charge < -0.3 is 0 Å². The first-order chi connectivity index (χ1) is 4.34. The number of halogens is 1. The van der Waals surface area contributed by atoms with E-state index in [0.717, 1.165) is 3.07 Å². The normalized spacial score (nSPS) is 8.56. The molecule has 0 aromatic heterocycles. The number of hydrogen-bond donors (Lipinski definition) is 1. The summed E-state index contributed by atoms with van der Waals surface area (Å²) in [6, 6.07) is 7.28. The van der Waals surface area contributed by atoms with Crippen LogP contribution in [-0.4, -0.2) is 5.11 Å². The predicted octanol–water partition coefficient (Wildman–Crippen LogP) is 1.25. The molecule has 9 heavy (non-hydrogen) atoms. The van der Waals surface area contributed by atoms with Gasteiger partial charge in [0.15, 0.2) is 0 Å². The average molecular weight is 329 g/mol. The fraction of sp³-hybridized carbons (Fsp3) is 0. The van der Waals surface area contributed by atoms with Gasteiger partial charge in [-0.05, 0) is 0 Å². The van der Waals surface area contributed by atoms with E-state index in [1.165, 1.54) is 0 Å². The molecule has 0 aliphatic rings. The molecule has 0 saturated carbocycles. The van der Waals surface area contributed by atoms with Gasteiger partial charge in [-0.3, -0.25) is 0 Å². The Labute approximate surface area is 69.5 Å². The summed E-state index contributed by atoms with van der Waals surface area (Å²) in [5.41, 5.74) is 0. The van der Waals surface area contributed by atoms with Gasteiger partial charge in [-0.2, -0.15) is 0 Å². The second-order valence-electron chi connectivity index (χ2n) is 1.76. The molecule has 0 spiro atoms. The van der Waals surface area contributed by atoms with Gasteiger partial charge >= 0.3 is 69.8 Å². The third-order valence-corrected chi connectivity index (χ3v) is 7.11. The van der Waals surface area contributed by atoms with Crippen LogP contribution in [0.4, 0.5) is 0 Å². The van der Waals surface area contributed by atoms with E-state index in [2.05, 4.69) is 0 Å². The van der Waals surface area contributed by atoms with E-state index in [0.29, 0.717) is 5.75 Å². The zero-order chi connectivity index (χ0) is 6.69. The molecule has 0 saturated heterocycles. The van der Waals surface area contributed by atoms with E-state index < -0.39 is 23.3 Å². The van der Waals surface area contributed by atoms with Gasteiger partial charge in [-0.25, -0.2) is 0 Å². The molecule has 0 amide bonds. The Bertz CT molecular complexity index is 202. The minimum absolute atomic E-state index is 0.370. The Morgan fingerprint density at radius 3 is 2.44 bits per heavy atom. The van der Waals surface area contributed by atoms with Crippen molar-refractivity contribution in [3.8, 4) is 5.75 Å². The molecule has 0 aliphatic carbocycles.